The number of aromatic nitrogens is 1. The summed E-state index contributed by atoms with van der Waals surface area (Å²) in [4.78, 5) is 3.70. The van der Waals surface area contributed by atoms with Crippen LogP contribution in [0.5, 0.6) is 0 Å². The van der Waals surface area contributed by atoms with Crippen molar-refractivity contribution in [3.63, 3.8) is 0 Å². The number of pyridine rings is 1. The molecule has 0 aromatic carbocycles. The predicted octanol–water partition coefficient (Wildman–Crippen LogP) is 4.12. The molecule has 0 amide bonds. The van der Waals surface area contributed by atoms with Crippen molar-refractivity contribution in [3.05, 3.63) is 24.6 Å². The number of alkyl halides is 3. The van der Waals surface area contributed by atoms with Crippen LogP contribution in [0.2, 0.25) is 0 Å². The van der Waals surface area contributed by atoms with Gasteiger partial charge in [0, 0.05) is 18.7 Å². The van der Waals surface area contributed by atoms with E-state index >= 15 is 0 Å². The van der Waals surface area contributed by atoms with Gasteiger partial charge in [0.25, 0.3) is 6.43 Å². The van der Waals surface area contributed by atoms with Crippen molar-refractivity contribution in [2.75, 3.05) is 0 Å². The lowest BCUT2D eigenvalue weighted by molar-refractivity contribution is 0.145. The lowest BCUT2D eigenvalue weighted by atomic mass is 10.2. The molecule has 0 saturated carbocycles. The maximum atomic E-state index is 12.4. The van der Waals surface area contributed by atoms with E-state index in [0.29, 0.717) is 8.90 Å². The molecule has 0 aliphatic carbocycles. The van der Waals surface area contributed by atoms with Gasteiger partial charge in [0.2, 0.25) is 0 Å². The van der Waals surface area contributed by atoms with E-state index in [9.17, 15) is 8.78 Å². The molecule has 0 N–H and O–H groups in total. The molecule has 0 radical (unpaired) electrons. The third kappa shape index (κ3) is 2.71. The number of hydrogen-bond donors (Lipinski definition) is 0. The molecule has 0 aliphatic rings. The van der Waals surface area contributed by atoms with Gasteiger partial charge in [-0.1, -0.05) is 15.9 Å². The van der Waals surface area contributed by atoms with Crippen LogP contribution in [0.4, 0.5) is 8.78 Å². The van der Waals surface area contributed by atoms with E-state index < -0.39 is 6.43 Å². The molecule has 0 spiro atoms. The van der Waals surface area contributed by atoms with Gasteiger partial charge in [-0.25, -0.2) is 8.78 Å². The highest BCUT2D eigenvalue weighted by Gasteiger charge is 2.17. The lowest BCUT2D eigenvalue weighted by Crippen LogP contribution is -2.00. The molecular formula is C7H4BrF2I2N. The van der Waals surface area contributed by atoms with Gasteiger partial charge in [0.05, 0.1) is 0 Å². The molecule has 0 unspecified atom stereocenters. The molecule has 0 aliphatic heterocycles. The van der Waals surface area contributed by atoms with Crippen LogP contribution >= 0.6 is 61.1 Å². The van der Waals surface area contributed by atoms with Gasteiger partial charge in [-0.3, -0.25) is 4.98 Å². The summed E-state index contributed by atoms with van der Waals surface area (Å²) in [5.41, 5.74) is 0.752. The van der Waals surface area contributed by atoms with Gasteiger partial charge >= 0.3 is 0 Å². The van der Waals surface area contributed by atoms with E-state index in [0.717, 1.165) is 9.13 Å². The zero-order valence-corrected chi connectivity index (χ0v) is 12.1. The summed E-state index contributed by atoms with van der Waals surface area (Å²) >= 11 is 7.25. The first-order valence-electron chi connectivity index (χ1n) is 3.24. The van der Waals surface area contributed by atoms with Gasteiger partial charge in [-0.15, -0.1) is 0 Å². The standard InChI is InChI=1S/C7H4BrF2I2N/c8-1-3-4(11)2-13-6(5(3)12)7(9)10/h2,7H,1H2. The molecular weight excluding hydrogens is 470 g/mol. The normalized spacial score (nSPS) is 10.9. The molecule has 1 rings (SSSR count). The molecule has 72 valence electrons. The minimum absolute atomic E-state index is 0.129. The third-order valence-corrected chi connectivity index (χ3v) is 4.13. The molecule has 6 heteroatoms. The molecule has 1 heterocycles. The Bertz CT molecular complexity index is 320. The molecule has 0 atom stereocenters. The van der Waals surface area contributed by atoms with Crippen LogP contribution in [0.1, 0.15) is 17.7 Å². The topological polar surface area (TPSA) is 12.9 Å². The van der Waals surface area contributed by atoms with Gasteiger partial charge in [-0.2, -0.15) is 0 Å². The predicted molar refractivity (Wildman–Crippen MR) is 67.3 cm³/mol. The van der Waals surface area contributed by atoms with Crippen molar-refractivity contribution in [1.29, 1.82) is 0 Å². The fourth-order valence-electron chi connectivity index (χ4n) is 0.795. The second-order valence-corrected chi connectivity index (χ2v) is 5.02. The van der Waals surface area contributed by atoms with E-state index in [-0.39, 0.29) is 5.69 Å². The van der Waals surface area contributed by atoms with Crippen LogP contribution in [-0.2, 0) is 5.33 Å². The van der Waals surface area contributed by atoms with Crippen molar-refractivity contribution >= 4 is 61.1 Å². The maximum Gasteiger partial charge on any atom is 0.281 e. The molecule has 0 bridgehead atoms. The lowest BCUT2D eigenvalue weighted by Gasteiger charge is -2.07. The van der Waals surface area contributed by atoms with E-state index in [2.05, 4.69) is 43.5 Å². The zero-order chi connectivity index (χ0) is 10.0. The van der Waals surface area contributed by atoms with Crippen molar-refractivity contribution < 1.29 is 8.78 Å². The molecule has 0 saturated heterocycles. The first-order valence-corrected chi connectivity index (χ1v) is 6.52. The smallest absolute Gasteiger partial charge is 0.253 e. The van der Waals surface area contributed by atoms with Crippen molar-refractivity contribution in [2.24, 2.45) is 0 Å². The van der Waals surface area contributed by atoms with Crippen LogP contribution in [0.15, 0.2) is 6.20 Å². The number of nitrogens with zero attached hydrogens (tertiary/aromatic N) is 1. The largest absolute Gasteiger partial charge is 0.281 e. The monoisotopic (exact) mass is 473 g/mol. The second kappa shape index (κ2) is 5.15. The number of rotatable bonds is 2. The van der Waals surface area contributed by atoms with Gasteiger partial charge < -0.3 is 0 Å². The SMILES string of the molecule is FC(F)c1ncc(I)c(CBr)c1I. The minimum Gasteiger partial charge on any atom is -0.253 e. The summed E-state index contributed by atoms with van der Waals surface area (Å²) in [5.74, 6) is 0. The first-order chi connectivity index (χ1) is 6.07. The van der Waals surface area contributed by atoms with E-state index in [1.165, 1.54) is 6.20 Å². The minimum atomic E-state index is -2.50. The molecule has 1 aromatic rings. The Kier molecular flexibility index (Phi) is 4.76. The van der Waals surface area contributed by atoms with Crippen LogP contribution in [-0.4, -0.2) is 4.98 Å². The summed E-state index contributed by atoms with van der Waals surface area (Å²) in [6, 6.07) is 0. The Labute approximate surface area is 110 Å². The van der Waals surface area contributed by atoms with Crippen LogP contribution in [0, 0.1) is 7.14 Å². The van der Waals surface area contributed by atoms with E-state index in [1.54, 1.807) is 0 Å². The quantitative estimate of drug-likeness (QED) is 0.465. The molecule has 1 nitrogen and oxygen atoms in total. The highest BCUT2D eigenvalue weighted by Crippen LogP contribution is 2.28. The zero-order valence-electron chi connectivity index (χ0n) is 6.20. The van der Waals surface area contributed by atoms with Crippen LogP contribution in [0.3, 0.4) is 0 Å². The Balaban J connectivity index is 3.27. The Hall–Kier alpha value is 0.950. The van der Waals surface area contributed by atoms with E-state index in [1.807, 2.05) is 22.6 Å². The van der Waals surface area contributed by atoms with E-state index in [4.69, 9.17) is 0 Å². The summed E-state index contributed by atoms with van der Waals surface area (Å²) in [7, 11) is 0. The molecule has 13 heavy (non-hydrogen) atoms. The Morgan fingerprint density at radius 3 is 2.54 bits per heavy atom. The van der Waals surface area contributed by atoms with Crippen molar-refractivity contribution in [2.45, 2.75) is 11.8 Å². The third-order valence-electron chi connectivity index (χ3n) is 1.44. The molecule has 1 aromatic heterocycles. The van der Waals surface area contributed by atoms with Gasteiger partial charge in [0.15, 0.2) is 0 Å². The van der Waals surface area contributed by atoms with Crippen molar-refractivity contribution in [3.8, 4) is 0 Å². The highest BCUT2D eigenvalue weighted by molar-refractivity contribution is 14.1. The maximum absolute atomic E-state index is 12.4. The fourth-order valence-corrected chi connectivity index (χ4v) is 4.40. The fraction of sp³-hybridized carbons (Fsp3) is 0.286. The Morgan fingerprint density at radius 1 is 1.46 bits per heavy atom. The highest BCUT2D eigenvalue weighted by atomic mass is 127. The van der Waals surface area contributed by atoms with Gasteiger partial charge in [0.1, 0.15) is 5.69 Å². The Morgan fingerprint density at radius 2 is 2.08 bits per heavy atom. The average molecular weight is 474 g/mol. The summed E-state index contributed by atoms with van der Waals surface area (Å²) in [6.07, 6.45) is -1.03. The summed E-state index contributed by atoms with van der Waals surface area (Å²) in [6.45, 7) is 0. The first kappa shape index (κ1) is 12.0. The van der Waals surface area contributed by atoms with Crippen LogP contribution in [0.25, 0.3) is 0 Å². The second-order valence-electron chi connectivity index (χ2n) is 2.22. The average Bonchev–Trinajstić information content (AvgIpc) is 2.04. The number of halogens is 5. The number of hydrogen-bond acceptors (Lipinski definition) is 1. The van der Waals surface area contributed by atoms with Crippen LogP contribution < -0.4 is 0 Å². The molecule has 0 fully saturated rings. The summed E-state index contributed by atoms with van der Waals surface area (Å²) in [5, 5.41) is 0.575. The summed E-state index contributed by atoms with van der Waals surface area (Å²) < 4.78 is 26.2. The van der Waals surface area contributed by atoms with Crippen molar-refractivity contribution in [1.82, 2.24) is 4.98 Å². The van der Waals surface area contributed by atoms with Gasteiger partial charge in [-0.05, 0) is 50.7 Å².